The highest BCUT2D eigenvalue weighted by atomic mass is 16.5. The van der Waals surface area contributed by atoms with Crippen molar-refractivity contribution in [1.29, 1.82) is 0 Å². The number of carbonyl (C=O) groups excluding carboxylic acids is 2. The van der Waals surface area contributed by atoms with Crippen LogP contribution in [-0.2, 0) is 27.3 Å². The quantitative estimate of drug-likeness (QED) is 0.804. The lowest BCUT2D eigenvalue weighted by molar-refractivity contribution is -0.142. The Hall–Kier alpha value is -1.78. The van der Waals surface area contributed by atoms with Crippen LogP contribution in [0.4, 0.5) is 0 Å². The molecule has 0 aliphatic carbocycles. The van der Waals surface area contributed by atoms with E-state index in [2.05, 4.69) is 11.9 Å². The summed E-state index contributed by atoms with van der Waals surface area (Å²) in [7, 11) is 0. The molecule has 0 saturated carbocycles. The Morgan fingerprint density at radius 2 is 1.89 bits per heavy atom. The van der Waals surface area contributed by atoms with Gasteiger partial charge in [-0.25, -0.2) is 4.79 Å². The molecule has 0 saturated heterocycles. The first-order chi connectivity index (χ1) is 9.01. The van der Waals surface area contributed by atoms with Gasteiger partial charge in [0.2, 0.25) is 0 Å². The van der Waals surface area contributed by atoms with Crippen molar-refractivity contribution in [1.82, 2.24) is 4.98 Å². The van der Waals surface area contributed by atoms with Gasteiger partial charge >= 0.3 is 11.9 Å². The van der Waals surface area contributed by atoms with E-state index in [0.717, 1.165) is 29.7 Å². The molecule has 106 valence electrons. The second-order valence-electron chi connectivity index (χ2n) is 4.33. The van der Waals surface area contributed by atoms with Gasteiger partial charge in [0, 0.05) is 6.92 Å². The zero-order valence-corrected chi connectivity index (χ0v) is 12.0. The third kappa shape index (κ3) is 3.84. The number of ether oxygens (including phenoxy) is 2. The van der Waals surface area contributed by atoms with Crippen LogP contribution in [-0.4, -0.2) is 23.5 Å². The maximum Gasteiger partial charge on any atom is 0.355 e. The molecular weight excluding hydrogens is 246 g/mol. The van der Waals surface area contributed by atoms with E-state index < -0.39 is 0 Å². The van der Waals surface area contributed by atoms with Gasteiger partial charge in [-0.2, -0.15) is 0 Å². The number of carbonyl (C=O) groups is 2. The molecule has 5 nitrogen and oxygen atoms in total. The van der Waals surface area contributed by atoms with Crippen molar-refractivity contribution in [2.45, 2.75) is 47.1 Å². The minimum Gasteiger partial charge on any atom is -0.461 e. The molecule has 1 heterocycles. The average molecular weight is 267 g/mol. The molecule has 1 aromatic heterocycles. The maximum absolute atomic E-state index is 11.8. The van der Waals surface area contributed by atoms with Gasteiger partial charge in [-0.1, -0.05) is 13.3 Å². The van der Waals surface area contributed by atoms with E-state index in [1.165, 1.54) is 6.92 Å². The monoisotopic (exact) mass is 267 g/mol. The topological polar surface area (TPSA) is 68.4 Å². The Balaban J connectivity index is 3.04. The summed E-state index contributed by atoms with van der Waals surface area (Å²) >= 11 is 0. The molecule has 0 radical (unpaired) electrons. The number of hydrogen-bond acceptors (Lipinski definition) is 4. The minimum absolute atomic E-state index is 0.158. The molecule has 0 aliphatic heterocycles. The molecule has 0 atom stereocenters. The third-order valence-electron chi connectivity index (χ3n) is 2.87. The number of rotatable bonds is 6. The van der Waals surface area contributed by atoms with Gasteiger partial charge in [-0.05, 0) is 31.4 Å². The molecule has 1 N–H and O–H groups in total. The van der Waals surface area contributed by atoms with Gasteiger partial charge < -0.3 is 14.5 Å². The Labute approximate surface area is 113 Å². The standard InChI is InChI=1S/C14H21NO4/c1-5-7-11-9(3)13(14(17)18-6-2)15-12(11)8-19-10(4)16/h15H,5-8H2,1-4H3. The molecule has 0 aliphatic rings. The van der Waals surface area contributed by atoms with Crippen molar-refractivity contribution in [2.24, 2.45) is 0 Å². The summed E-state index contributed by atoms with van der Waals surface area (Å²) in [4.78, 5) is 25.7. The smallest absolute Gasteiger partial charge is 0.355 e. The normalized spacial score (nSPS) is 10.3. The highest BCUT2D eigenvalue weighted by Gasteiger charge is 2.19. The van der Waals surface area contributed by atoms with Crippen molar-refractivity contribution in [3.8, 4) is 0 Å². The molecule has 0 unspecified atom stereocenters. The van der Waals surface area contributed by atoms with E-state index in [1.807, 2.05) is 6.92 Å². The molecule has 19 heavy (non-hydrogen) atoms. The first-order valence-electron chi connectivity index (χ1n) is 6.52. The van der Waals surface area contributed by atoms with E-state index in [9.17, 15) is 9.59 Å². The van der Waals surface area contributed by atoms with E-state index in [-0.39, 0.29) is 18.5 Å². The van der Waals surface area contributed by atoms with E-state index in [1.54, 1.807) is 6.92 Å². The van der Waals surface area contributed by atoms with Crippen LogP contribution in [0.15, 0.2) is 0 Å². The van der Waals surface area contributed by atoms with Crippen LogP contribution in [0.1, 0.15) is 54.5 Å². The molecule has 0 bridgehead atoms. The van der Waals surface area contributed by atoms with Crippen molar-refractivity contribution in [2.75, 3.05) is 6.61 Å². The van der Waals surface area contributed by atoms with Crippen LogP contribution >= 0.6 is 0 Å². The number of nitrogens with one attached hydrogen (secondary N) is 1. The molecule has 0 fully saturated rings. The number of esters is 2. The predicted octanol–water partition coefficient (Wildman–Crippen LogP) is 2.52. The van der Waals surface area contributed by atoms with Crippen LogP contribution in [0.2, 0.25) is 0 Å². The van der Waals surface area contributed by atoms with Crippen LogP contribution < -0.4 is 0 Å². The van der Waals surface area contributed by atoms with Gasteiger partial charge in [-0.3, -0.25) is 4.79 Å². The van der Waals surface area contributed by atoms with E-state index in [0.29, 0.717) is 12.3 Å². The zero-order valence-electron chi connectivity index (χ0n) is 12.0. The van der Waals surface area contributed by atoms with Crippen molar-refractivity contribution >= 4 is 11.9 Å². The largest absolute Gasteiger partial charge is 0.461 e. The van der Waals surface area contributed by atoms with E-state index in [4.69, 9.17) is 9.47 Å². The predicted molar refractivity (Wildman–Crippen MR) is 71.0 cm³/mol. The lowest BCUT2D eigenvalue weighted by atomic mass is 10.1. The summed E-state index contributed by atoms with van der Waals surface area (Å²) < 4.78 is 10.0. The fraction of sp³-hybridized carbons (Fsp3) is 0.571. The van der Waals surface area contributed by atoms with Crippen molar-refractivity contribution in [3.05, 3.63) is 22.5 Å². The highest BCUT2D eigenvalue weighted by molar-refractivity contribution is 5.89. The average Bonchev–Trinajstić information content (AvgIpc) is 2.65. The molecule has 0 amide bonds. The van der Waals surface area contributed by atoms with Crippen LogP contribution in [0, 0.1) is 6.92 Å². The Kier molecular flexibility index (Phi) is 5.60. The summed E-state index contributed by atoms with van der Waals surface area (Å²) in [5.74, 6) is -0.709. The summed E-state index contributed by atoms with van der Waals surface area (Å²) in [5.41, 5.74) is 3.14. The maximum atomic E-state index is 11.8. The second-order valence-corrected chi connectivity index (χ2v) is 4.33. The van der Waals surface area contributed by atoms with Crippen LogP contribution in [0.3, 0.4) is 0 Å². The fourth-order valence-corrected chi connectivity index (χ4v) is 1.99. The molecular formula is C14H21NO4. The van der Waals surface area contributed by atoms with Crippen LogP contribution in [0.25, 0.3) is 0 Å². The molecule has 1 aromatic rings. The van der Waals surface area contributed by atoms with Gasteiger partial charge in [0.25, 0.3) is 0 Å². The molecule has 1 rings (SSSR count). The highest BCUT2D eigenvalue weighted by Crippen LogP contribution is 2.21. The van der Waals surface area contributed by atoms with Gasteiger partial charge in [0.15, 0.2) is 0 Å². The summed E-state index contributed by atoms with van der Waals surface area (Å²) in [5, 5.41) is 0. The summed E-state index contributed by atoms with van der Waals surface area (Å²) in [6, 6.07) is 0. The molecule has 5 heteroatoms. The van der Waals surface area contributed by atoms with Crippen molar-refractivity contribution in [3.63, 3.8) is 0 Å². The SMILES string of the molecule is CCCc1c(COC(C)=O)[nH]c(C(=O)OCC)c1C. The van der Waals surface area contributed by atoms with E-state index >= 15 is 0 Å². The Morgan fingerprint density at radius 1 is 1.21 bits per heavy atom. The Bertz CT molecular complexity index is 462. The summed E-state index contributed by atoms with van der Waals surface area (Å²) in [6.07, 6.45) is 1.78. The molecule has 0 spiro atoms. The number of H-pyrrole nitrogens is 1. The lowest BCUT2D eigenvalue weighted by Gasteiger charge is -2.04. The zero-order chi connectivity index (χ0) is 14.4. The van der Waals surface area contributed by atoms with Gasteiger partial charge in [-0.15, -0.1) is 0 Å². The number of aromatic nitrogens is 1. The van der Waals surface area contributed by atoms with Gasteiger partial charge in [0.05, 0.1) is 12.3 Å². The lowest BCUT2D eigenvalue weighted by Crippen LogP contribution is -2.07. The number of aromatic amines is 1. The van der Waals surface area contributed by atoms with Gasteiger partial charge in [0.1, 0.15) is 12.3 Å². The Morgan fingerprint density at radius 3 is 2.42 bits per heavy atom. The first kappa shape index (κ1) is 15.3. The molecule has 0 aromatic carbocycles. The first-order valence-corrected chi connectivity index (χ1v) is 6.52. The number of hydrogen-bond donors (Lipinski definition) is 1. The second kappa shape index (κ2) is 6.97. The summed E-state index contributed by atoms with van der Waals surface area (Å²) in [6.45, 7) is 7.56. The third-order valence-corrected chi connectivity index (χ3v) is 2.87. The fourth-order valence-electron chi connectivity index (χ4n) is 1.99. The minimum atomic E-state index is -0.369. The van der Waals surface area contributed by atoms with Crippen LogP contribution in [0.5, 0.6) is 0 Å². The van der Waals surface area contributed by atoms with Crippen molar-refractivity contribution < 1.29 is 19.1 Å².